The molecule has 35 heavy (non-hydrogen) atoms. The van der Waals surface area contributed by atoms with Gasteiger partial charge < -0.3 is 9.64 Å². The molecule has 2 aromatic carbocycles. The number of sulfonamides is 1. The van der Waals surface area contributed by atoms with Crippen LogP contribution in [0.4, 0.5) is 5.82 Å². The second-order valence-electron chi connectivity index (χ2n) is 6.77. The van der Waals surface area contributed by atoms with Crippen LogP contribution in [-0.4, -0.2) is 56.2 Å². The number of hydrogen-bond donors (Lipinski definition) is 1. The first kappa shape index (κ1) is 12.1. The van der Waals surface area contributed by atoms with Gasteiger partial charge in [0.15, 0.2) is 0 Å². The summed E-state index contributed by atoms with van der Waals surface area (Å²) in [4.78, 5) is 21.3. The van der Waals surface area contributed by atoms with Crippen molar-refractivity contribution in [3.63, 3.8) is 0 Å². The summed E-state index contributed by atoms with van der Waals surface area (Å²) in [6.07, 6.45) is -9.82. The Labute approximate surface area is 229 Å². The summed E-state index contributed by atoms with van der Waals surface area (Å²) in [5, 5.41) is 0. The number of aromatic nitrogens is 2. The number of anilines is 1. The standard InChI is InChI=1S/C26H32N4O4S/c1-20(2)30(16-10-11-17-34-19-24(31)29-35(3,32)33)23-18-27-25(21-12-6-4-7-13-21)26(28-23)22-14-8-5-9-15-22/h4-9,12-15,18,20H,10-11,16-17,19H2,1-3H3,(H,29,31)/i1D3,2D3,3D3,10D2,11D2,19D2,20D. The molecule has 3 aromatic rings. The second kappa shape index (κ2) is 12.4. The van der Waals surface area contributed by atoms with Gasteiger partial charge in [0.25, 0.3) is 5.91 Å². The third-order valence-electron chi connectivity index (χ3n) is 4.30. The van der Waals surface area contributed by atoms with E-state index in [4.69, 9.17) is 21.9 Å². The molecule has 0 aliphatic rings. The van der Waals surface area contributed by atoms with E-state index >= 15 is 0 Å². The molecule has 1 aromatic heterocycles. The van der Waals surface area contributed by atoms with Gasteiger partial charge in [0.05, 0.1) is 27.9 Å². The smallest absolute Gasteiger partial charge is 0.259 e. The van der Waals surface area contributed by atoms with Crippen molar-refractivity contribution in [2.75, 3.05) is 30.8 Å². The van der Waals surface area contributed by atoms with Crippen LogP contribution in [0.5, 0.6) is 0 Å². The molecule has 186 valence electrons. The van der Waals surface area contributed by atoms with Gasteiger partial charge in [-0.1, -0.05) is 60.7 Å². The molecular formula is C26H32N4O4S. The van der Waals surface area contributed by atoms with Crippen LogP contribution in [0.2, 0.25) is 0 Å². The molecule has 1 N–H and O–H groups in total. The molecule has 1 heterocycles. The van der Waals surface area contributed by atoms with Crippen LogP contribution in [0.15, 0.2) is 66.9 Å². The number of carbonyl (C=O) groups is 1. The molecule has 0 radical (unpaired) electrons. The molecule has 1 amide bonds. The molecule has 0 aliphatic carbocycles. The predicted octanol–water partition coefficient (Wildman–Crippen LogP) is 3.90. The summed E-state index contributed by atoms with van der Waals surface area (Å²) >= 11 is 0. The normalized spacial score (nSPS) is 20.8. The minimum Gasteiger partial charge on any atom is -0.372 e. The third-order valence-corrected chi connectivity index (χ3v) is 4.75. The fraction of sp³-hybridized carbons (Fsp3) is 0.346. The fourth-order valence-electron chi connectivity index (χ4n) is 2.86. The number of nitrogens with one attached hydrogen (secondary N) is 1. The Morgan fingerprint density at radius 2 is 1.74 bits per heavy atom. The van der Waals surface area contributed by atoms with Crippen molar-refractivity contribution >= 4 is 21.7 Å². The molecule has 8 nitrogen and oxygen atoms in total. The van der Waals surface area contributed by atoms with Gasteiger partial charge in [-0.15, -0.1) is 0 Å². The predicted molar refractivity (Wildman–Crippen MR) is 138 cm³/mol. The molecule has 0 saturated carbocycles. The van der Waals surface area contributed by atoms with E-state index in [1.165, 1.54) is 0 Å². The Bertz CT molecular complexity index is 1790. The van der Waals surface area contributed by atoms with Gasteiger partial charge in [0, 0.05) is 48.1 Å². The van der Waals surface area contributed by atoms with E-state index in [1.807, 2.05) is 0 Å². The molecule has 0 aliphatic heterocycles. The van der Waals surface area contributed by atoms with E-state index in [9.17, 15) is 13.2 Å². The van der Waals surface area contributed by atoms with E-state index in [0.717, 1.165) is 10.9 Å². The molecule has 0 fully saturated rings. The maximum Gasteiger partial charge on any atom is 0.259 e. The lowest BCUT2D eigenvalue weighted by atomic mass is 10.0. The van der Waals surface area contributed by atoms with Crippen LogP contribution < -0.4 is 9.62 Å². The van der Waals surface area contributed by atoms with Crippen LogP contribution in [-0.2, 0) is 19.6 Å². The summed E-state index contributed by atoms with van der Waals surface area (Å²) in [6, 6.07) is 12.9. The van der Waals surface area contributed by atoms with Gasteiger partial charge in [-0.25, -0.2) is 13.4 Å². The highest BCUT2D eigenvalue weighted by molar-refractivity contribution is 7.89. The van der Waals surface area contributed by atoms with Crippen molar-refractivity contribution in [2.24, 2.45) is 0 Å². The number of amides is 1. The molecule has 0 unspecified atom stereocenters. The van der Waals surface area contributed by atoms with Crippen LogP contribution in [0, 0.1) is 0 Å². The summed E-state index contributed by atoms with van der Waals surface area (Å²) in [5.74, 6) is -2.85. The highest BCUT2D eigenvalue weighted by Gasteiger charge is 2.17. The number of ether oxygens (including phenoxy) is 1. The average molecular weight is 513 g/mol. The van der Waals surface area contributed by atoms with Crippen molar-refractivity contribution in [3.05, 3.63) is 66.9 Å². The zero-order chi connectivity index (χ0) is 39.1. The Kier molecular flexibility index (Phi) is 4.29. The van der Waals surface area contributed by atoms with E-state index in [-0.39, 0.29) is 16.3 Å². The van der Waals surface area contributed by atoms with Crippen molar-refractivity contribution in [2.45, 2.75) is 32.5 Å². The van der Waals surface area contributed by atoms with Crippen LogP contribution in [0.3, 0.4) is 0 Å². The topological polar surface area (TPSA) is 101 Å². The molecule has 9 heteroatoms. The highest BCUT2D eigenvalue weighted by atomic mass is 32.2. The lowest BCUT2D eigenvalue weighted by Gasteiger charge is -2.28. The average Bonchev–Trinajstić information content (AvgIpc) is 3.01. The van der Waals surface area contributed by atoms with E-state index in [2.05, 4.69) is 14.7 Å². The fourth-order valence-corrected chi connectivity index (χ4v) is 3.14. The maximum absolute atomic E-state index is 12.3. The van der Waals surface area contributed by atoms with Gasteiger partial charge in [0.2, 0.25) is 10.0 Å². The minimum absolute atomic E-state index is 0.0563. The largest absolute Gasteiger partial charge is 0.372 e. The minimum atomic E-state index is -5.43. The monoisotopic (exact) mass is 512 g/mol. The van der Waals surface area contributed by atoms with E-state index in [1.54, 1.807) is 60.7 Å². The summed E-state index contributed by atoms with van der Waals surface area (Å²) in [7, 11) is -5.43. The van der Waals surface area contributed by atoms with E-state index in [0.29, 0.717) is 11.1 Å². The van der Waals surface area contributed by atoms with Crippen LogP contribution in [0.1, 0.15) is 48.4 Å². The van der Waals surface area contributed by atoms with Gasteiger partial charge >= 0.3 is 0 Å². The molecule has 0 atom stereocenters. The summed E-state index contributed by atoms with van der Waals surface area (Å²) in [6.45, 7) is -14.5. The quantitative estimate of drug-likeness (QED) is 0.393. The van der Waals surface area contributed by atoms with Gasteiger partial charge in [-0.3, -0.25) is 14.5 Å². The number of benzene rings is 2. The van der Waals surface area contributed by atoms with Crippen molar-refractivity contribution in [3.8, 4) is 22.5 Å². The first-order valence-electron chi connectivity index (χ1n) is 17.9. The number of rotatable bonds is 12. The van der Waals surface area contributed by atoms with Crippen molar-refractivity contribution in [1.29, 1.82) is 0 Å². The molecule has 3 rings (SSSR count). The van der Waals surface area contributed by atoms with Crippen LogP contribution >= 0.6 is 0 Å². The van der Waals surface area contributed by atoms with E-state index < -0.39 is 80.1 Å². The lowest BCUT2D eigenvalue weighted by molar-refractivity contribution is -0.123. The summed E-state index contributed by atoms with van der Waals surface area (Å²) < 4.78 is 157. The maximum atomic E-state index is 12.3. The SMILES string of the molecule is [2H]C([2H])(OCC([2H])([2H])C([2H])([2H])CN(c1cnc(-c2ccccc2)c(-c2ccccc2)n1)C([2H])(C([2H])([2H])[2H])C([2H])([2H])[2H])C(=O)NS(=O)(=O)C([2H])([2H])[2H]. The zero-order valence-electron chi connectivity index (χ0n) is 34.1. The molecule has 0 saturated heterocycles. The van der Waals surface area contributed by atoms with Crippen LogP contribution in [0.25, 0.3) is 22.5 Å². The van der Waals surface area contributed by atoms with Crippen molar-refractivity contribution in [1.82, 2.24) is 14.7 Å². The Morgan fingerprint density at radius 1 is 1.09 bits per heavy atom. The third kappa shape index (κ3) is 8.15. The number of nitrogens with zero attached hydrogens (tertiary/aromatic N) is 3. The molecule has 0 spiro atoms. The lowest BCUT2D eigenvalue weighted by Crippen LogP contribution is -2.33. The number of carbonyl (C=O) groups excluding carboxylic acids is 1. The first-order chi connectivity index (χ1) is 23.0. The first-order valence-corrected chi connectivity index (χ1v) is 11.4. The second-order valence-corrected chi connectivity index (χ2v) is 7.98. The highest BCUT2D eigenvalue weighted by Crippen LogP contribution is 2.30. The van der Waals surface area contributed by atoms with Gasteiger partial charge in [0.1, 0.15) is 12.4 Å². The molecular weight excluding hydrogens is 464 g/mol. The zero-order valence-corrected chi connectivity index (χ0v) is 19.0. The van der Waals surface area contributed by atoms with Gasteiger partial charge in [-0.2, -0.15) is 0 Å². The Hall–Kier alpha value is -3.30. The number of hydrogen-bond acceptors (Lipinski definition) is 7. The Balaban J connectivity index is 2.15. The van der Waals surface area contributed by atoms with Crippen molar-refractivity contribution < 1.29 is 39.9 Å². The van der Waals surface area contributed by atoms with Gasteiger partial charge in [-0.05, 0) is 26.4 Å². The summed E-state index contributed by atoms with van der Waals surface area (Å²) in [5.41, 5.74) is 1.22. The molecule has 0 bridgehead atoms. The Morgan fingerprint density at radius 3 is 2.37 bits per heavy atom.